The molecule has 0 aliphatic heterocycles. The molecule has 0 atom stereocenters. The van der Waals surface area contributed by atoms with Crippen LogP contribution in [0.5, 0.6) is 5.88 Å². The van der Waals surface area contributed by atoms with Crippen molar-refractivity contribution < 1.29 is 4.74 Å². The summed E-state index contributed by atoms with van der Waals surface area (Å²) in [7, 11) is 0. The van der Waals surface area contributed by atoms with Gasteiger partial charge in [-0.1, -0.05) is 0 Å². The molecule has 0 spiro atoms. The average molecular weight is 242 g/mol. The molecule has 0 saturated heterocycles. The van der Waals surface area contributed by atoms with Crippen molar-refractivity contribution in [3.63, 3.8) is 0 Å². The quantitative estimate of drug-likeness (QED) is 0.804. The first-order valence-corrected chi connectivity index (χ1v) is 6.03. The summed E-state index contributed by atoms with van der Waals surface area (Å²) in [6.07, 6.45) is 2.16. The molecule has 1 saturated carbocycles. The van der Waals surface area contributed by atoms with Gasteiger partial charge in [-0.15, -0.1) is 11.6 Å². The molecule has 4 nitrogen and oxygen atoms in total. The summed E-state index contributed by atoms with van der Waals surface area (Å²) in [4.78, 5) is 8.62. The van der Waals surface area contributed by atoms with Crippen LogP contribution in [0.25, 0.3) is 0 Å². The van der Waals surface area contributed by atoms with Crippen molar-refractivity contribution in [2.24, 2.45) is 0 Å². The zero-order valence-corrected chi connectivity index (χ0v) is 10.3. The van der Waals surface area contributed by atoms with Crippen LogP contribution in [0, 0.1) is 6.92 Å². The van der Waals surface area contributed by atoms with Crippen LogP contribution in [0.2, 0.25) is 0 Å². The summed E-state index contributed by atoms with van der Waals surface area (Å²) in [5.74, 6) is 1.82. The summed E-state index contributed by atoms with van der Waals surface area (Å²) in [5, 5.41) is 3.28. The molecule has 0 radical (unpaired) electrons. The third-order valence-corrected chi connectivity index (χ3v) is 3.12. The smallest absolute Gasteiger partial charge is 0.226 e. The van der Waals surface area contributed by atoms with Crippen molar-refractivity contribution in [3.05, 3.63) is 11.8 Å². The lowest BCUT2D eigenvalue weighted by Crippen LogP contribution is -2.24. The Morgan fingerprint density at radius 2 is 2.25 bits per heavy atom. The summed E-state index contributed by atoms with van der Waals surface area (Å²) in [5.41, 5.74) is 0.907. The molecule has 0 aromatic carbocycles. The number of halogens is 1. The van der Waals surface area contributed by atoms with Crippen LogP contribution in [0.15, 0.2) is 6.07 Å². The van der Waals surface area contributed by atoms with E-state index in [9.17, 15) is 0 Å². The Bertz CT molecular complexity index is 379. The van der Waals surface area contributed by atoms with Crippen molar-refractivity contribution in [1.82, 2.24) is 9.97 Å². The fourth-order valence-corrected chi connectivity index (χ4v) is 1.83. The van der Waals surface area contributed by atoms with Gasteiger partial charge in [0.15, 0.2) is 0 Å². The third-order valence-electron chi connectivity index (χ3n) is 2.61. The number of hydrogen-bond donors (Lipinski definition) is 1. The molecular formula is C11H16ClN3O. The van der Waals surface area contributed by atoms with Gasteiger partial charge in [0, 0.05) is 17.6 Å². The van der Waals surface area contributed by atoms with Crippen molar-refractivity contribution >= 4 is 17.5 Å². The minimum absolute atomic E-state index is 0.0127. The number of alkyl halides is 1. The lowest BCUT2D eigenvalue weighted by atomic mass is 10.3. The van der Waals surface area contributed by atoms with Crippen molar-refractivity contribution in [1.29, 1.82) is 0 Å². The van der Waals surface area contributed by atoms with Crippen molar-refractivity contribution in [2.75, 3.05) is 17.8 Å². The van der Waals surface area contributed by atoms with Crippen LogP contribution < -0.4 is 10.1 Å². The molecule has 1 fully saturated rings. The Kier molecular flexibility index (Phi) is 3.19. The number of nitrogens with zero attached hydrogens (tertiary/aromatic N) is 2. The fraction of sp³-hybridized carbons (Fsp3) is 0.636. The largest absolute Gasteiger partial charge is 0.478 e. The Hall–Kier alpha value is -1.03. The van der Waals surface area contributed by atoms with E-state index in [1.54, 1.807) is 0 Å². The van der Waals surface area contributed by atoms with Crippen LogP contribution in [0.3, 0.4) is 0 Å². The molecule has 5 heteroatoms. The predicted molar refractivity (Wildman–Crippen MR) is 64.2 cm³/mol. The van der Waals surface area contributed by atoms with E-state index in [-0.39, 0.29) is 5.54 Å². The van der Waals surface area contributed by atoms with Gasteiger partial charge in [-0.3, -0.25) is 0 Å². The van der Waals surface area contributed by atoms with E-state index in [1.807, 2.05) is 19.9 Å². The second-order valence-electron chi connectivity index (χ2n) is 4.14. The first-order chi connectivity index (χ1) is 7.67. The standard InChI is InChI=1S/C11H16ClN3O/c1-3-16-9-6-8(2)13-10(14-9)15-11(7-12)4-5-11/h6H,3-5,7H2,1-2H3,(H,13,14,15). The third kappa shape index (κ3) is 2.55. The summed E-state index contributed by atoms with van der Waals surface area (Å²) >= 11 is 5.90. The van der Waals surface area contributed by atoms with Gasteiger partial charge in [-0.25, -0.2) is 4.98 Å². The molecule has 16 heavy (non-hydrogen) atoms. The highest BCUT2D eigenvalue weighted by molar-refractivity contribution is 6.19. The van der Waals surface area contributed by atoms with Gasteiger partial charge in [0.2, 0.25) is 11.8 Å². The second kappa shape index (κ2) is 4.45. The first-order valence-electron chi connectivity index (χ1n) is 5.50. The van der Waals surface area contributed by atoms with E-state index in [4.69, 9.17) is 16.3 Å². The highest BCUT2D eigenvalue weighted by atomic mass is 35.5. The topological polar surface area (TPSA) is 47.0 Å². The van der Waals surface area contributed by atoms with Gasteiger partial charge >= 0.3 is 0 Å². The molecule has 1 N–H and O–H groups in total. The zero-order valence-electron chi connectivity index (χ0n) is 9.59. The van der Waals surface area contributed by atoms with Gasteiger partial charge in [-0.05, 0) is 26.7 Å². The Morgan fingerprint density at radius 1 is 1.50 bits per heavy atom. The highest BCUT2D eigenvalue weighted by Crippen LogP contribution is 2.39. The minimum atomic E-state index is 0.0127. The van der Waals surface area contributed by atoms with E-state index in [1.165, 1.54) is 0 Å². The SMILES string of the molecule is CCOc1cc(C)nc(NC2(CCl)CC2)n1. The molecule has 1 aromatic heterocycles. The molecule has 1 aliphatic carbocycles. The number of anilines is 1. The molecule has 0 amide bonds. The normalized spacial score (nSPS) is 16.9. The summed E-state index contributed by atoms with van der Waals surface area (Å²) < 4.78 is 5.37. The van der Waals surface area contributed by atoms with E-state index < -0.39 is 0 Å². The Labute approximate surface area is 100 Å². The number of ether oxygens (including phenoxy) is 1. The number of aromatic nitrogens is 2. The Balaban J connectivity index is 2.14. The number of rotatable bonds is 5. The zero-order chi connectivity index (χ0) is 11.6. The molecule has 2 rings (SSSR count). The molecule has 1 aliphatic rings. The van der Waals surface area contributed by atoms with E-state index >= 15 is 0 Å². The molecular weight excluding hydrogens is 226 g/mol. The van der Waals surface area contributed by atoms with Crippen molar-refractivity contribution in [2.45, 2.75) is 32.2 Å². The lowest BCUT2D eigenvalue weighted by Gasteiger charge is -2.14. The second-order valence-corrected chi connectivity index (χ2v) is 4.41. The molecule has 1 aromatic rings. The lowest BCUT2D eigenvalue weighted by molar-refractivity contribution is 0.326. The number of aryl methyl sites for hydroxylation is 1. The summed E-state index contributed by atoms with van der Waals surface area (Å²) in [6, 6.07) is 1.83. The van der Waals surface area contributed by atoms with Crippen molar-refractivity contribution in [3.8, 4) is 5.88 Å². The van der Waals surface area contributed by atoms with Crippen LogP contribution in [-0.4, -0.2) is 28.0 Å². The van der Waals surface area contributed by atoms with E-state index in [0.717, 1.165) is 18.5 Å². The maximum atomic E-state index is 5.90. The van der Waals surface area contributed by atoms with E-state index in [2.05, 4.69) is 15.3 Å². The molecule has 88 valence electrons. The maximum Gasteiger partial charge on any atom is 0.226 e. The van der Waals surface area contributed by atoms with E-state index in [0.29, 0.717) is 24.3 Å². The average Bonchev–Trinajstić information content (AvgIpc) is 2.98. The minimum Gasteiger partial charge on any atom is -0.478 e. The van der Waals surface area contributed by atoms with Crippen LogP contribution in [-0.2, 0) is 0 Å². The number of nitrogens with one attached hydrogen (secondary N) is 1. The van der Waals surface area contributed by atoms with Gasteiger partial charge < -0.3 is 10.1 Å². The van der Waals surface area contributed by atoms with Gasteiger partial charge in [0.25, 0.3) is 0 Å². The van der Waals surface area contributed by atoms with Gasteiger partial charge in [0.05, 0.1) is 12.1 Å². The fourth-order valence-electron chi connectivity index (χ4n) is 1.50. The highest BCUT2D eigenvalue weighted by Gasteiger charge is 2.42. The van der Waals surface area contributed by atoms with Crippen LogP contribution in [0.1, 0.15) is 25.5 Å². The monoisotopic (exact) mass is 241 g/mol. The van der Waals surface area contributed by atoms with Crippen LogP contribution >= 0.6 is 11.6 Å². The molecule has 1 heterocycles. The predicted octanol–water partition coefficient (Wildman–Crippen LogP) is 2.37. The molecule has 0 unspecified atom stereocenters. The first kappa shape index (κ1) is 11.5. The van der Waals surface area contributed by atoms with Crippen LogP contribution in [0.4, 0.5) is 5.95 Å². The molecule has 0 bridgehead atoms. The number of hydrogen-bond acceptors (Lipinski definition) is 4. The Morgan fingerprint density at radius 3 is 2.81 bits per heavy atom. The summed E-state index contributed by atoms with van der Waals surface area (Å²) in [6.45, 7) is 4.47. The van der Waals surface area contributed by atoms with Gasteiger partial charge in [0.1, 0.15) is 0 Å². The maximum absolute atomic E-state index is 5.90. The van der Waals surface area contributed by atoms with Gasteiger partial charge in [-0.2, -0.15) is 4.98 Å².